The smallest absolute Gasteiger partial charge is 0.191 e. The molecular formula is C15H19FN4S. The maximum Gasteiger partial charge on any atom is 0.191 e. The second-order valence-electron chi connectivity index (χ2n) is 4.66. The van der Waals surface area contributed by atoms with E-state index in [1.807, 2.05) is 13.2 Å². The van der Waals surface area contributed by atoms with Gasteiger partial charge in [-0.05, 0) is 37.3 Å². The summed E-state index contributed by atoms with van der Waals surface area (Å²) in [4.78, 5) is 8.74. The molecule has 1 aromatic heterocycles. The molecule has 6 heteroatoms. The Hall–Kier alpha value is -1.82. The number of aryl methyl sites for hydroxylation is 1. The number of thioether (sulfide) groups is 1. The fourth-order valence-electron chi connectivity index (χ4n) is 1.80. The first kappa shape index (κ1) is 15.6. The topological polar surface area (TPSA) is 49.8 Å². The van der Waals surface area contributed by atoms with Crippen LogP contribution in [0, 0.1) is 12.7 Å². The summed E-state index contributed by atoms with van der Waals surface area (Å²) >= 11 is 1.45. The van der Waals surface area contributed by atoms with Gasteiger partial charge in [0.05, 0.1) is 5.69 Å². The zero-order valence-corrected chi connectivity index (χ0v) is 13.2. The fraction of sp³-hybridized carbons (Fsp3) is 0.333. The molecule has 0 radical (unpaired) electrons. The van der Waals surface area contributed by atoms with Crippen LogP contribution in [0.25, 0.3) is 0 Å². The van der Waals surface area contributed by atoms with Crippen LogP contribution in [0.2, 0.25) is 0 Å². The number of hydrogen-bond acceptors (Lipinski definition) is 5. The van der Waals surface area contributed by atoms with Gasteiger partial charge in [0.15, 0.2) is 5.16 Å². The normalized spacial score (nSPS) is 10.5. The zero-order valence-electron chi connectivity index (χ0n) is 12.4. The van der Waals surface area contributed by atoms with Gasteiger partial charge in [-0.1, -0.05) is 24.8 Å². The van der Waals surface area contributed by atoms with Crippen molar-refractivity contribution in [3.05, 3.63) is 35.6 Å². The molecule has 1 heterocycles. The molecule has 0 fully saturated rings. The Morgan fingerprint density at radius 1 is 1.19 bits per heavy atom. The van der Waals surface area contributed by atoms with E-state index >= 15 is 0 Å². The first-order valence-electron chi connectivity index (χ1n) is 6.82. The second kappa shape index (κ2) is 7.26. The fourth-order valence-corrected chi connectivity index (χ4v) is 2.18. The Balaban J connectivity index is 2.27. The van der Waals surface area contributed by atoms with E-state index in [1.165, 1.54) is 17.8 Å². The molecule has 112 valence electrons. The Bertz CT molecular complexity index is 619. The number of aromatic nitrogens is 2. The van der Waals surface area contributed by atoms with Crippen molar-refractivity contribution in [3.63, 3.8) is 0 Å². The minimum atomic E-state index is -0.298. The van der Waals surface area contributed by atoms with Gasteiger partial charge in [-0.15, -0.1) is 0 Å². The lowest BCUT2D eigenvalue weighted by molar-refractivity contribution is 0.631. The highest BCUT2D eigenvalue weighted by atomic mass is 32.2. The van der Waals surface area contributed by atoms with Crippen LogP contribution in [-0.4, -0.2) is 22.8 Å². The van der Waals surface area contributed by atoms with E-state index in [2.05, 4.69) is 27.5 Å². The molecule has 0 amide bonds. The molecule has 0 aliphatic rings. The van der Waals surface area contributed by atoms with Crippen molar-refractivity contribution in [3.8, 4) is 0 Å². The van der Waals surface area contributed by atoms with E-state index in [4.69, 9.17) is 0 Å². The highest BCUT2D eigenvalue weighted by Crippen LogP contribution is 2.23. The van der Waals surface area contributed by atoms with Gasteiger partial charge < -0.3 is 10.6 Å². The van der Waals surface area contributed by atoms with Gasteiger partial charge in [0.25, 0.3) is 0 Å². The number of halogens is 1. The second-order valence-corrected chi connectivity index (χ2v) is 5.43. The number of nitrogens with zero attached hydrogens (tertiary/aromatic N) is 2. The van der Waals surface area contributed by atoms with Crippen LogP contribution in [0.4, 0.5) is 21.7 Å². The number of rotatable bonds is 6. The summed E-state index contributed by atoms with van der Waals surface area (Å²) in [6, 6.07) is 6.74. The Labute approximate surface area is 128 Å². The van der Waals surface area contributed by atoms with Crippen molar-refractivity contribution in [2.24, 2.45) is 0 Å². The van der Waals surface area contributed by atoms with E-state index < -0.39 is 0 Å². The van der Waals surface area contributed by atoms with E-state index in [0.29, 0.717) is 16.7 Å². The lowest BCUT2D eigenvalue weighted by Gasteiger charge is -2.11. The SMILES string of the molecule is CCCNc1cc(Nc2cc(C)ccc2F)nc(SC)n1. The Kier molecular flexibility index (Phi) is 5.38. The van der Waals surface area contributed by atoms with Gasteiger partial charge >= 0.3 is 0 Å². The van der Waals surface area contributed by atoms with Crippen LogP contribution in [0.3, 0.4) is 0 Å². The van der Waals surface area contributed by atoms with E-state index in [9.17, 15) is 4.39 Å². The first-order chi connectivity index (χ1) is 10.1. The zero-order chi connectivity index (χ0) is 15.2. The quantitative estimate of drug-likeness (QED) is 0.618. The van der Waals surface area contributed by atoms with Gasteiger partial charge in [0.1, 0.15) is 17.5 Å². The van der Waals surface area contributed by atoms with Crippen LogP contribution >= 0.6 is 11.8 Å². The van der Waals surface area contributed by atoms with E-state index in [-0.39, 0.29) is 5.82 Å². The third-order valence-electron chi connectivity index (χ3n) is 2.83. The molecule has 0 bridgehead atoms. The standard InChI is InChI=1S/C15H19FN4S/c1-4-7-17-13-9-14(20-15(19-13)21-3)18-12-8-10(2)5-6-11(12)16/h5-6,8-9H,4,7H2,1-3H3,(H2,17,18,19,20). The first-order valence-corrected chi connectivity index (χ1v) is 8.05. The summed E-state index contributed by atoms with van der Waals surface area (Å²) in [6.45, 7) is 4.85. The largest absolute Gasteiger partial charge is 0.370 e. The summed E-state index contributed by atoms with van der Waals surface area (Å²) in [5.41, 5.74) is 1.41. The summed E-state index contributed by atoms with van der Waals surface area (Å²) in [7, 11) is 0. The number of benzene rings is 1. The molecule has 4 nitrogen and oxygen atoms in total. The summed E-state index contributed by atoms with van der Waals surface area (Å²) in [6.07, 6.45) is 2.92. The average molecular weight is 306 g/mol. The van der Waals surface area contributed by atoms with Crippen LogP contribution < -0.4 is 10.6 Å². The maximum atomic E-state index is 13.8. The molecule has 0 unspecified atom stereocenters. The molecular weight excluding hydrogens is 287 g/mol. The monoisotopic (exact) mass is 306 g/mol. The summed E-state index contributed by atoms with van der Waals surface area (Å²) in [5, 5.41) is 6.89. The van der Waals surface area contributed by atoms with Gasteiger partial charge in [-0.25, -0.2) is 14.4 Å². The molecule has 2 aromatic rings. The van der Waals surface area contributed by atoms with Crippen LogP contribution in [0.5, 0.6) is 0 Å². The predicted octanol–water partition coefficient (Wildman–Crippen LogP) is 4.21. The minimum absolute atomic E-state index is 0.298. The molecule has 0 saturated carbocycles. The lowest BCUT2D eigenvalue weighted by Crippen LogP contribution is -2.05. The Morgan fingerprint density at radius 2 is 1.95 bits per heavy atom. The van der Waals surface area contributed by atoms with Crippen LogP contribution in [0.1, 0.15) is 18.9 Å². The lowest BCUT2D eigenvalue weighted by atomic mass is 10.2. The molecule has 0 saturated heterocycles. The van der Waals surface area contributed by atoms with Crippen LogP contribution in [0.15, 0.2) is 29.4 Å². The number of nitrogens with one attached hydrogen (secondary N) is 2. The van der Waals surface area contributed by atoms with Crippen molar-refractivity contribution in [2.45, 2.75) is 25.4 Å². The van der Waals surface area contributed by atoms with Gasteiger partial charge in [0, 0.05) is 12.6 Å². The third-order valence-corrected chi connectivity index (χ3v) is 3.38. The van der Waals surface area contributed by atoms with Crippen LogP contribution in [-0.2, 0) is 0 Å². The molecule has 2 N–H and O–H groups in total. The summed E-state index contributed by atoms with van der Waals surface area (Å²) < 4.78 is 13.8. The highest BCUT2D eigenvalue weighted by molar-refractivity contribution is 7.98. The third kappa shape index (κ3) is 4.32. The summed E-state index contributed by atoms with van der Waals surface area (Å²) in [5.74, 6) is 1.03. The van der Waals surface area contributed by atoms with E-state index in [1.54, 1.807) is 18.2 Å². The van der Waals surface area contributed by atoms with E-state index in [0.717, 1.165) is 24.3 Å². The van der Waals surface area contributed by atoms with Crippen molar-refractivity contribution < 1.29 is 4.39 Å². The van der Waals surface area contributed by atoms with Gasteiger partial charge in [-0.3, -0.25) is 0 Å². The molecule has 0 aliphatic heterocycles. The van der Waals surface area contributed by atoms with Crippen molar-refractivity contribution in [1.82, 2.24) is 9.97 Å². The highest BCUT2D eigenvalue weighted by Gasteiger charge is 2.07. The average Bonchev–Trinajstić information content (AvgIpc) is 2.48. The molecule has 0 aliphatic carbocycles. The van der Waals surface area contributed by atoms with Crippen molar-refractivity contribution >= 4 is 29.1 Å². The van der Waals surface area contributed by atoms with Gasteiger partial charge in [0.2, 0.25) is 0 Å². The number of anilines is 3. The predicted molar refractivity (Wildman–Crippen MR) is 87.0 cm³/mol. The molecule has 1 aromatic carbocycles. The molecule has 0 atom stereocenters. The minimum Gasteiger partial charge on any atom is -0.370 e. The molecule has 2 rings (SSSR count). The molecule has 21 heavy (non-hydrogen) atoms. The van der Waals surface area contributed by atoms with Crippen molar-refractivity contribution in [2.75, 3.05) is 23.4 Å². The van der Waals surface area contributed by atoms with Gasteiger partial charge in [-0.2, -0.15) is 0 Å². The maximum absolute atomic E-state index is 13.8. The Morgan fingerprint density at radius 3 is 2.67 bits per heavy atom. The van der Waals surface area contributed by atoms with Crippen molar-refractivity contribution in [1.29, 1.82) is 0 Å². The molecule has 0 spiro atoms. The number of hydrogen-bond donors (Lipinski definition) is 2.